The molecule has 7 nitrogen and oxygen atoms in total. The van der Waals surface area contributed by atoms with E-state index >= 15 is 0 Å². The summed E-state index contributed by atoms with van der Waals surface area (Å²) in [5.41, 5.74) is 1.07. The first-order chi connectivity index (χ1) is 11.0. The molecule has 1 aromatic carbocycles. The van der Waals surface area contributed by atoms with Gasteiger partial charge in [-0.25, -0.2) is 4.79 Å². The SMILES string of the molecule is CCOc1ccccc1NC(=O)[C@H](C)OC(=O)c1cc(C)no1. The van der Waals surface area contributed by atoms with Crippen LogP contribution in [0.4, 0.5) is 5.69 Å². The average Bonchev–Trinajstić information content (AvgIpc) is 2.96. The number of benzene rings is 1. The molecule has 0 saturated heterocycles. The zero-order valence-corrected chi connectivity index (χ0v) is 13.2. The Bertz CT molecular complexity index is 695. The first-order valence-electron chi connectivity index (χ1n) is 7.18. The van der Waals surface area contributed by atoms with Crippen LogP contribution in [0.25, 0.3) is 0 Å². The first kappa shape index (κ1) is 16.5. The molecule has 7 heteroatoms. The maximum atomic E-state index is 12.2. The van der Waals surface area contributed by atoms with Crippen LogP contribution in [0, 0.1) is 6.92 Å². The topological polar surface area (TPSA) is 90.7 Å². The summed E-state index contributed by atoms with van der Waals surface area (Å²) in [5.74, 6) is -0.710. The van der Waals surface area contributed by atoms with Crippen molar-refractivity contribution in [3.8, 4) is 5.75 Å². The Hall–Kier alpha value is -2.83. The lowest BCUT2D eigenvalue weighted by atomic mass is 10.2. The predicted molar refractivity (Wildman–Crippen MR) is 82.4 cm³/mol. The summed E-state index contributed by atoms with van der Waals surface area (Å²) < 4.78 is 15.3. The van der Waals surface area contributed by atoms with Crippen molar-refractivity contribution in [3.63, 3.8) is 0 Å². The standard InChI is InChI=1S/C16H18N2O5/c1-4-21-13-8-6-5-7-12(13)17-15(19)11(3)22-16(20)14-9-10(2)18-23-14/h5-9,11H,4H2,1-3H3,(H,17,19)/t11-/m0/s1. The molecule has 2 aromatic rings. The molecule has 1 amide bonds. The molecule has 1 aromatic heterocycles. The smallest absolute Gasteiger partial charge is 0.377 e. The number of ether oxygens (including phenoxy) is 2. The molecule has 2 rings (SSSR count). The summed E-state index contributed by atoms with van der Waals surface area (Å²) in [6, 6.07) is 8.46. The van der Waals surface area contributed by atoms with E-state index in [1.807, 2.05) is 6.92 Å². The number of aryl methyl sites for hydroxylation is 1. The van der Waals surface area contributed by atoms with Crippen LogP contribution in [0.5, 0.6) is 5.75 Å². The summed E-state index contributed by atoms with van der Waals surface area (Å²) in [6.07, 6.45) is -0.998. The van der Waals surface area contributed by atoms with E-state index in [2.05, 4.69) is 10.5 Å². The highest BCUT2D eigenvalue weighted by atomic mass is 16.6. The van der Waals surface area contributed by atoms with Crippen molar-refractivity contribution in [2.24, 2.45) is 0 Å². The Morgan fingerprint density at radius 2 is 2.09 bits per heavy atom. The van der Waals surface area contributed by atoms with Gasteiger partial charge in [0.2, 0.25) is 5.76 Å². The molecule has 23 heavy (non-hydrogen) atoms. The molecule has 0 fully saturated rings. The van der Waals surface area contributed by atoms with Crippen molar-refractivity contribution in [3.05, 3.63) is 41.8 Å². The summed E-state index contributed by atoms with van der Waals surface area (Å²) in [6.45, 7) is 5.48. The third-order valence-corrected chi connectivity index (χ3v) is 2.93. The van der Waals surface area contributed by atoms with Crippen LogP contribution in [0.1, 0.15) is 30.1 Å². The van der Waals surface area contributed by atoms with Crippen LogP contribution >= 0.6 is 0 Å². The Kier molecular flexibility index (Phi) is 5.35. The normalized spacial score (nSPS) is 11.6. The zero-order valence-electron chi connectivity index (χ0n) is 13.2. The predicted octanol–water partition coefficient (Wildman–Crippen LogP) is 2.57. The summed E-state index contributed by atoms with van der Waals surface area (Å²) in [4.78, 5) is 24.0. The van der Waals surface area contributed by atoms with Crippen molar-refractivity contribution in [2.45, 2.75) is 26.9 Å². The van der Waals surface area contributed by atoms with Crippen molar-refractivity contribution < 1.29 is 23.6 Å². The van der Waals surface area contributed by atoms with E-state index in [-0.39, 0.29) is 5.76 Å². The minimum Gasteiger partial charge on any atom is -0.492 e. The lowest BCUT2D eigenvalue weighted by Crippen LogP contribution is -2.30. The fraction of sp³-hybridized carbons (Fsp3) is 0.312. The molecule has 0 aliphatic carbocycles. The molecule has 122 valence electrons. The summed E-state index contributed by atoms with van der Waals surface area (Å²) >= 11 is 0. The monoisotopic (exact) mass is 318 g/mol. The van der Waals surface area contributed by atoms with E-state index in [4.69, 9.17) is 14.0 Å². The number of amides is 1. The second-order valence-electron chi connectivity index (χ2n) is 4.80. The van der Waals surface area contributed by atoms with E-state index < -0.39 is 18.0 Å². The Labute approximate surface area is 133 Å². The number of esters is 1. The van der Waals surface area contributed by atoms with Crippen LogP contribution in [-0.4, -0.2) is 29.7 Å². The van der Waals surface area contributed by atoms with Gasteiger partial charge in [0.15, 0.2) is 6.10 Å². The summed E-state index contributed by atoms with van der Waals surface area (Å²) in [5, 5.41) is 6.27. The van der Waals surface area contributed by atoms with Crippen LogP contribution in [0.3, 0.4) is 0 Å². The van der Waals surface area contributed by atoms with Crippen LogP contribution in [0.15, 0.2) is 34.9 Å². The van der Waals surface area contributed by atoms with Crippen molar-refractivity contribution >= 4 is 17.6 Å². The highest BCUT2D eigenvalue weighted by molar-refractivity contribution is 5.97. The number of aromatic nitrogens is 1. The van der Waals surface area contributed by atoms with Gasteiger partial charge in [-0.15, -0.1) is 0 Å². The van der Waals surface area contributed by atoms with Gasteiger partial charge in [0.25, 0.3) is 5.91 Å². The van der Waals surface area contributed by atoms with Gasteiger partial charge in [-0.2, -0.15) is 0 Å². The largest absolute Gasteiger partial charge is 0.492 e. The lowest BCUT2D eigenvalue weighted by molar-refractivity contribution is -0.123. The quantitative estimate of drug-likeness (QED) is 0.823. The van der Waals surface area contributed by atoms with Crippen LogP contribution in [-0.2, 0) is 9.53 Å². The average molecular weight is 318 g/mol. The van der Waals surface area contributed by atoms with Gasteiger partial charge in [-0.3, -0.25) is 4.79 Å². The number of nitrogens with one attached hydrogen (secondary N) is 1. The van der Waals surface area contributed by atoms with E-state index in [0.717, 1.165) is 0 Å². The number of carbonyl (C=O) groups excluding carboxylic acids is 2. The van der Waals surface area contributed by atoms with Crippen molar-refractivity contribution in [1.82, 2.24) is 5.16 Å². The van der Waals surface area contributed by atoms with Gasteiger partial charge >= 0.3 is 5.97 Å². The molecule has 1 N–H and O–H groups in total. The molecule has 0 spiro atoms. The van der Waals surface area contributed by atoms with E-state index in [1.165, 1.54) is 13.0 Å². The molecule has 0 radical (unpaired) electrons. The van der Waals surface area contributed by atoms with E-state index in [0.29, 0.717) is 23.7 Å². The summed E-state index contributed by atoms with van der Waals surface area (Å²) in [7, 11) is 0. The maximum absolute atomic E-state index is 12.2. The first-order valence-corrected chi connectivity index (χ1v) is 7.18. The van der Waals surface area contributed by atoms with Gasteiger partial charge < -0.3 is 19.3 Å². The molecular weight excluding hydrogens is 300 g/mol. The van der Waals surface area contributed by atoms with Gasteiger partial charge in [0.05, 0.1) is 18.0 Å². The highest BCUT2D eigenvalue weighted by Gasteiger charge is 2.22. The number of carbonyl (C=O) groups is 2. The number of nitrogens with zero attached hydrogens (tertiary/aromatic N) is 1. The molecule has 1 heterocycles. The molecule has 0 unspecified atom stereocenters. The second-order valence-corrected chi connectivity index (χ2v) is 4.80. The highest BCUT2D eigenvalue weighted by Crippen LogP contribution is 2.24. The van der Waals surface area contributed by atoms with Gasteiger partial charge in [0.1, 0.15) is 5.75 Å². The lowest BCUT2D eigenvalue weighted by Gasteiger charge is -2.15. The Balaban J connectivity index is 1.99. The van der Waals surface area contributed by atoms with E-state index in [9.17, 15) is 9.59 Å². The van der Waals surface area contributed by atoms with E-state index in [1.54, 1.807) is 31.2 Å². The number of hydrogen-bond acceptors (Lipinski definition) is 6. The molecular formula is C16H18N2O5. The number of hydrogen-bond donors (Lipinski definition) is 1. The molecule has 0 aliphatic heterocycles. The van der Waals surface area contributed by atoms with Crippen LogP contribution in [0.2, 0.25) is 0 Å². The maximum Gasteiger partial charge on any atom is 0.377 e. The molecule has 0 bridgehead atoms. The third-order valence-electron chi connectivity index (χ3n) is 2.93. The fourth-order valence-corrected chi connectivity index (χ4v) is 1.82. The Morgan fingerprint density at radius 1 is 1.35 bits per heavy atom. The number of anilines is 1. The minimum absolute atomic E-state index is 0.0446. The minimum atomic E-state index is -0.998. The van der Waals surface area contributed by atoms with Gasteiger partial charge in [0, 0.05) is 6.07 Å². The van der Waals surface area contributed by atoms with Gasteiger partial charge in [-0.1, -0.05) is 17.3 Å². The van der Waals surface area contributed by atoms with Crippen molar-refractivity contribution in [2.75, 3.05) is 11.9 Å². The molecule has 0 saturated carbocycles. The molecule has 1 atom stereocenters. The number of para-hydroxylation sites is 2. The van der Waals surface area contributed by atoms with Gasteiger partial charge in [-0.05, 0) is 32.9 Å². The Morgan fingerprint density at radius 3 is 2.74 bits per heavy atom. The molecule has 0 aliphatic rings. The van der Waals surface area contributed by atoms with Crippen LogP contribution < -0.4 is 10.1 Å². The number of rotatable bonds is 6. The van der Waals surface area contributed by atoms with Crippen molar-refractivity contribution in [1.29, 1.82) is 0 Å². The third kappa shape index (κ3) is 4.32. The second kappa shape index (κ2) is 7.44. The fourth-order valence-electron chi connectivity index (χ4n) is 1.82. The zero-order chi connectivity index (χ0) is 16.8.